The van der Waals surface area contributed by atoms with Crippen LogP contribution in [0.25, 0.3) is 0 Å². The van der Waals surface area contributed by atoms with Gasteiger partial charge in [-0.05, 0) is 37.1 Å². The predicted molar refractivity (Wildman–Crippen MR) is 109 cm³/mol. The number of hydrogen-bond donors (Lipinski definition) is 0. The van der Waals surface area contributed by atoms with E-state index in [4.69, 9.17) is 9.47 Å². The first-order chi connectivity index (χ1) is 14.1. The van der Waals surface area contributed by atoms with E-state index in [-0.39, 0.29) is 17.1 Å². The highest BCUT2D eigenvalue weighted by Crippen LogP contribution is 2.31. The molecular formula is C22H25FN2O4. The monoisotopic (exact) mass is 400 g/mol. The molecule has 0 spiro atoms. The van der Waals surface area contributed by atoms with E-state index in [1.807, 2.05) is 0 Å². The Labute approximate surface area is 169 Å². The number of benzene rings is 1. The van der Waals surface area contributed by atoms with Crippen molar-refractivity contribution in [2.45, 2.75) is 25.7 Å². The molecule has 1 aromatic rings. The van der Waals surface area contributed by atoms with Gasteiger partial charge in [-0.15, -0.1) is 0 Å². The second-order valence-electron chi connectivity index (χ2n) is 6.85. The van der Waals surface area contributed by atoms with Crippen LogP contribution < -0.4 is 9.80 Å². The number of nitrogens with zero attached hydrogens (tertiary/aromatic N) is 2. The zero-order valence-electron chi connectivity index (χ0n) is 16.7. The quantitative estimate of drug-likeness (QED) is 0.719. The van der Waals surface area contributed by atoms with Crippen LogP contribution in [0.2, 0.25) is 0 Å². The molecular weight excluding hydrogens is 375 g/mol. The molecule has 1 aromatic carbocycles. The van der Waals surface area contributed by atoms with Gasteiger partial charge in [0.05, 0.1) is 25.5 Å². The first-order valence-electron chi connectivity index (χ1n) is 9.66. The number of hydrogen-bond acceptors (Lipinski definition) is 6. The van der Waals surface area contributed by atoms with Gasteiger partial charge in [-0.1, -0.05) is 18.9 Å². The number of halogens is 1. The first-order valence-corrected chi connectivity index (χ1v) is 9.66. The number of carbonyl (C=O) groups excluding carboxylic acids is 2. The molecule has 0 aliphatic carbocycles. The van der Waals surface area contributed by atoms with E-state index in [1.165, 1.54) is 31.3 Å². The third kappa shape index (κ3) is 4.50. The number of esters is 2. The molecule has 2 heterocycles. The molecule has 6 nitrogen and oxygen atoms in total. The highest BCUT2D eigenvalue weighted by Gasteiger charge is 2.28. The average Bonchev–Trinajstić information content (AvgIpc) is 3.13. The standard InChI is InChI=1S/C22H25FN2O4/c1-28-21(26)17-9-5-8-14-25(20(17)22(27)29-2)16-10-11-19(18(23)15-16)24-12-6-3-4-7-13-24/h5,8-11,14-15H,3-4,6-7,12-13H2,1-2H3. The molecule has 0 unspecified atom stereocenters. The van der Waals surface area contributed by atoms with Crippen molar-refractivity contribution >= 4 is 23.3 Å². The van der Waals surface area contributed by atoms with Gasteiger partial charge in [0, 0.05) is 31.0 Å². The highest BCUT2D eigenvalue weighted by atomic mass is 19.1. The molecule has 0 saturated carbocycles. The minimum absolute atomic E-state index is 0.0290. The summed E-state index contributed by atoms with van der Waals surface area (Å²) >= 11 is 0. The molecule has 154 valence electrons. The number of ether oxygens (including phenoxy) is 2. The minimum atomic E-state index is -0.724. The second kappa shape index (κ2) is 9.41. The summed E-state index contributed by atoms with van der Waals surface area (Å²) in [6, 6.07) is 4.82. The summed E-state index contributed by atoms with van der Waals surface area (Å²) in [6.45, 7) is 1.65. The van der Waals surface area contributed by atoms with E-state index in [2.05, 4.69) is 4.90 Å². The predicted octanol–water partition coefficient (Wildman–Crippen LogP) is 3.70. The molecule has 0 amide bonds. The zero-order valence-corrected chi connectivity index (χ0v) is 16.7. The lowest BCUT2D eigenvalue weighted by molar-refractivity contribution is -0.139. The van der Waals surface area contributed by atoms with Crippen LogP contribution >= 0.6 is 0 Å². The Balaban J connectivity index is 2.02. The summed E-state index contributed by atoms with van der Waals surface area (Å²) in [5, 5.41) is 0. The number of carbonyl (C=O) groups is 2. The Hall–Kier alpha value is -3.09. The molecule has 7 heteroatoms. The Bertz CT molecular complexity index is 868. The van der Waals surface area contributed by atoms with E-state index in [0.29, 0.717) is 11.4 Å². The maximum absolute atomic E-state index is 15.0. The van der Waals surface area contributed by atoms with E-state index in [9.17, 15) is 9.59 Å². The second-order valence-corrected chi connectivity index (χ2v) is 6.85. The van der Waals surface area contributed by atoms with Crippen molar-refractivity contribution in [3.63, 3.8) is 0 Å². The summed E-state index contributed by atoms with van der Waals surface area (Å²) in [5.41, 5.74) is 0.944. The van der Waals surface area contributed by atoms with Gasteiger partial charge in [0.25, 0.3) is 0 Å². The van der Waals surface area contributed by atoms with Crippen molar-refractivity contribution in [3.8, 4) is 0 Å². The molecule has 0 bridgehead atoms. The number of rotatable bonds is 4. The van der Waals surface area contributed by atoms with Crippen LogP contribution in [0.1, 0.15) is 25.7 Å². The fourth-order valence-corrected chi connectivity index (χ4v) is 3.58. The van der Waals surface area contributed by atoms with Crippen LogP contribution in [0.5, 0.6) is 0 Å². The normalized spacial score (nSPS) is 17.1. The third-order valence-corrected chi connectivity index (χ3v) is 5.05. The fraction of sp³-hybridized carbons (Fsp3) is 0.364. The lowest BCUT2D eigenvalue weighted by atomic mass is 10.1. The van der Waals surface area contributed by atoms with Crippen LogP contribution in [0.3, 0.4) is 0 Å². The van der Waals surface area contributed by atoms with Gasteiger partial charge in [0.2, 0.25) is 0 Å². The van der Waals surface area contributed by atoms with E-state index in [1.54, 1.807) is 30.5 Å². The minimum Gasteiger partial charge on any atom is -0.465 e. The molecule has 0 atom stereocenters. The van der Waals surface area contributed by atoms with Gasteiger partial charge < -0.3 is 19.3 Å². The van der Waals surface area contributed by atoms with Crippen LogP contribution in [-0.2, 0) is 19.1 Å². The van der Waals surface area contributed by atoms with Gasteiger partial charge in [-0.25, -0.2) is 14.0 Å². The number of methoxy groups -OCH3 is 2. The summed E-state index contributed by atoms with van der Waals surface area (Å²) in [7, 11) is 2.46. The zero-order chi connectivity index (χ0) is 20.8. The summed E-state index contributed by atoms with van der Waals surface area (Å²) in [4.78, 5) is 28.2. The van der Waals surface area contributed by atoms with Gasteiger partial charge in [-0.2, -0.15) is 0 Å². The van der Waals surface area contributed by atoms with Gasteiger partial charge in [0.15, 0.2) is 0 Å². The molecule has 1 saturated heterocycles. The Kier molecular flexibility index (Phi) is 6.69. The molecule has 1 fully saturated rings. The summed E-state index contributed by atoms with van der Waals surface area (Å²) in [5.74, 6) is -1.78. The maximum Gasteiger partial charge on any atom is 0.355 e. The van der Waals surface area contributed by atoms with Crippen molar-refractivity contribution in [1.29, 1.82) is 0 Å². The van der Waals surface area contributed by atoms with Crippen molar-refractivity contribution < 1.29 is 23.5 Å². The van der Waals surface area contributed by atoms with Gasteiger partial charge in [0.1, 0.15) is 11.5 Å². The van der Waals surface area contributed by atoms with Crippen molar-refractivity contribution in [2.75, 3.05) is 37.1 Å². The SMILES string of the molecule is COC(=O)C1=C(C(=O)OC)N(c2ccc(N3CCCCCC3)c(F)c2)C=CC=C1. The maximum atomic E-state index is 15.0. The van der Waals surface area contributed by atoms with Crippen molar-refractivity contribution in [2.24, 2.45) is 0 Å². The Morgan fingerprint density at radius 2 is 1.66 bits per heavy atom. The molecule has 0 radical (unpaired) electrons. The topological polar surface area (TPSA) is 59.1 Å². The molecule has 29 heavy (non-hydrogen) atoms. The molecule has 2 aliphatic rings. The van der Waals surface area contributed by atoms with E-state index in [0.717, 1.165) is 38.8 Å². The fourth-order valence-electron chi connectivity index (χ4n) is 3.58. The molecule has 2 aliphatic heterocycles. The molecule has 3 rings (SSSR count). The summed E-state index contributed by atoms with van der Waals surface area (Å²) < 4.78 is 24.7. The lowest BCUT2D eigenvalue weighted by Gasteiger charge is -2.26. The number of anilines is 2. The Morgan fingerprint density at radius 1 is 0.966 bits per heavy atom. The van der Waals surface area contributed by atoms with E-state index >= 15 is 4.39 Å². The van der Waals surface area contributed by atoms with Crippen molar-refractivity contribution in [3.05, 3.63) is 59.7 Å². The largest absolute Gasteiger partial charge is 0.465 e. The smallest absolute Gasteiger partial charge is 0.355 e. The van der Waals surface area contributed by atoms with E-state index < -0.39 is 11.9 Å². The third-order valence-electron chi connectivity index (χ3n) is 5.05. The summed E-state index contributed by atoms with van der Waals surface area (Å²) in [6.07, 6.45) is 10.7. The van der Waals surface area contributed by atoms with Crippen molar-refractivity contribution in [1.82, 2.24) is 0 Å². The average molecular weight is 400 g/mol. The highest BCUT2D eigenvalue weighted by molar-refractivity contribution is 6.05. The lowest BCUT2D eigenvalue weighted by Crippen LogP contribution is -2.28. The molecule has 0 N–H and O–H groups in total. The first kappa shape index (κ1) is 20.6. The van der Waals surface area contributed by atoms with Gasteiger partial charge >= 0.3 is 11.9 Å². The van der Waals surface area contributed by atoms with Crippen LogP contribution in [0.15, 0.2) is 53.9 Å². The Morgan fingerprint density at radius 3 is 2.28 bits per heavy atom. The van der Waals surface area contributed by atoms with Gasteiger partial charge in [-0.3, -0.25) is 0 Å². The van der Waals surface area contributed by atoms with Crippen LogP contribution in [0, 0.1) is 5.82 Å². The van der Waals surface area contributed by atoms with Crippen LogP contribution in [-0.4, -0.2) is 39.2 Å². The number of allylic oxidation sites excluding steroid dienone is 2. The molecule has 0 aromatic heterocycles. The van der Waals surface area contributed by atoms with Crippen LogP contribution in [0.4, 0.5) is 15.8 Å².